The summed E-state index contributed by atoms with van der Waals surface area (Å²) in [7, 11) is 0. The summed E-state index contributed by atoms with van der Waals surface area (Å²) in [5.74, 6) is -0.357. The van der Waals surface area contributed by atoms with E-state index in [0.717, 1.165) is 11.3 Å². The number of hydrogen-bond donors (Lipinski definition) is 0. The topological polar surface area (TPSA) is 48.4 Å². The minimum Gasteiger partial charge on any atom is -0.462 e. The lowest BCUT2D eigenvalue weighted by molar-refractivity contribution is 0.0525. The highest BCUT2D eigenvalue weighted by Gasteiger charge is 2.08. The van der Waals surface area contributed by atoms with Crippen LogP contribution in [-0.2, 0) is 22.7 Å². The molecule has 3 aromatic rings. The summed E-state index contributed by atoms with van der Waals surface area (Å²) in [5.41, 5.74) is 4.68. The third-order valence-corrected chi connectivity index (χ3v) is 3.95. The normalized spacial score (nSPS) is 10.5. The van der Waals surface area contributed by atoms with E-state index in [9.17, 15) is 4.79 Å². The van der Waals surface area contributed by atoms with Crippen molar-refractivity contribution in [2.45, 2.75) is 20.1 Å². The van der Waals surface area contributed by atoms with Crippen LogP contribution in [0.1, 0.15) is 28.5 Å². The number of ether oxygens (including phenoxy) is 2. The first-order valence-corrected chi connectivity index (χ1v) is 8.61. The van der Waals surface area contributed by atoms with Crippen molar-refractivity contribution in [1.29, 1.82) is 0 Å². The van der Waals surface area contributed by atoms with Crippen molar-refractivity contribution in [2.24, 2.45) is 0 Å². The molecule has 0 fully saturated rings. The van der Waals surface area contributed by atoms with Crippen molar-refractivity contribution in [2.75, 3.05) is 6.61 Å². The third kappa shape index (κ3) is 4.55. The Balaban J connectivity index is 1.61. The van der Waals surface area contributed by atoms with Gasteiger partial charge < -0.3 is 9.47 Å². The number of esters is 1. The third-order valence-electron chi connectivity index (χ3n) is 3.95. The van der Waals surface area contributed by atoms with Crippen molar-refractivity contribution < 1.29 is 14.3 Å². The summed E-state index contributed by atoms with van der Waals surface area (Å²) in [5, 5.41) is 0. The lowest BCUT2D eigenvalue weighted by Gasteiger charge is -2.10. The van der Waals surface area contributed by atoms with E-state index < -0.39 is 0 Å². The van der Waals surface area contributed by atoms with E-state index in [4.69, 9.17) is 9.47 Å². The quantitative estimate of drug-likeness (QED) is 0.584. The van der Waals surface area contributed by atoms with Crippen LogP contribution in [0.25, 0.3) is 11.1 Å². The fraction of sp³-hybridized carbons (Fsp3) is 0.182. The zero-order valence-electron chi connectivity index (χ0n) is 14.7. The number of carbonyl (C=O) groups excluding carboxylic acids is 1. The minimum absolute atomic E-state index is 0.352. The predicted molar refractivity (Wildman–Crippen MR) is 101 cm³/mol. The van der Waals surface area contributed by atoms with Crippen LogP contribution in [0.2, 0.25) is 0 Å². The molecule has 1 heterocycles. The number of hydrogen-bond acceptors (Lipinski definition) is 4. The van der Waals surface area contributed by atoms with Crippen LogP contribution >= 0.6 is 0 Å². The van der Waals surface area contributed by atoms with E-state index in [0.29, 0.717) is 25.4 Å². The molecule has 0 atom stereocenters. The molecule has 0 aliphatic heterocycles. The van der Waals surface area contributed by atoms with Crippen LogP contribution in [0, 0.1) is 0 Å². The molecule has 0 aliphatic carbocycles. The molecule has 132 valence electrons. The van der Waals surface area contributed by atoms with Crippen LogP contribution in [0.5, 0.6) is 0 Å². The standard InChI is InChI=1S/C22H21NO3/c1-2-26-22(24)18-12-13-20(23-14-18)16-25-15-19-10-6-7-11-21(19)17-8-4-3-5-9-17/h3-14H,2,15-16H2,1H3. The van der Waals surface area contributed by atoms with E-state index in [2.05, 4.69) is 29.2 Å². The molecular weight excluding hydrogens is 326 g/mol. The Kier molecular flexibility index (Phi) is 6.12. The van der Waals surface area contributed by atoms with Gasteiger partial charge in [0.1, 0.15) is 0 Å². The second-order valence-corrected chi connectivity index (χ2v) is 5.77. The summed E-state index contributed by atoms with van der Waals surface area (Å²) in [6, 6.07) is 22.0. The fourth-order valence-electron chi connectivity index (χ4n) is 2.66. The highest BCUT2D eigenvalue weighted by atomic mass is 16.5. The van der Waals surface area contributed by atoms with Gasteiger partial charge >= 0.3 is 5.97 Å². The number of benzene rings is 2. The van der Waals surface area contributed by atoms with Crippen molar-refractivity contribution >= 4 is 5.97 Å². The predicted octanol–water partition coefficient (Wildman–Crippen LogP) is 4.64. The molecule has 0 amide bonds. The SMILES string of the molecule is CCOC(=O)c1ccc(COCc2ccccc2-c2ccccc2)nc1. The van der Waals surface area contributed by atoms with Gasteiger partial charge in [-0.05, 0) is 35.7 Å². The molecule has 3 rings (SSSR count). The molecule has 0 radical (unpaired) electrons. The van der Waals surface area contributed by atoms with E-state index in [1.165, 1.54) is 17.3 Å². The molecule has 4 nitrogen and oxygen atoms in total. The molecule has 0 saturated heterocycles. The Morgan fingerprint density at radius 1 is 0.923 bits per heavy atom. The Bertz CT molecular complexity index is 845. The van der Waals surface area contributed by atoms with Gasteiger partial charge in [0.25, 0.3) is 0 Å². The average molecular weight is 347 g/mol. The molecule has 0 bridgehead atoms. The number of aromatic nitrogens is 1. The number of nitrogens with zero attached hydrogens (tertiary/aromatic N) is 1. The monoisotopic (exact) mass is 347 g/mol. The van der Waals surface area contributed by atoms with Gasteiger partial charge in [-0.1, -0.05) is 54.6 Å². The van der Waals surface area contributed by atoms with Gasteiger partial charge in [-0.25, -0.2) is 4.79 Å². The first-order valence-electron chi connectivity index (χ1n) is 8.61. The first-order chi connectivity index (χ1) is 12.8. The molecule has 0 saturated carbocycles. The second kappa shape index (κ2) is 8.92. The van der Waals surface area contributed by atoms with Gasteiger partial charge in [-0.3, -0.25) is 4.98 Å². The Morgan fingerprint density at radius 2 is 1.69 bits per heavy atom. The fourth-order valence-corrected chi connectivity index (χ4v) is 2.66. The lowest BCUT2D eigenvalue weighted by Crippen LogP contribution is -2.06. The van der Waals surface area contributed by atoms with Gasteiger partial charge in [0, 0.05) is 6.20 Å². The molecular formula is C22H21NO3. The zero-order valence-corrected chi connectivity index (χ0v) is 14.7. The van der Waals surface area contributed by atoms with E-state index in [1.54, 1.807) is 19.1 Å². The van der Waals surface area contributed by atoms with Gasteiger partial charge in [-0.15, -0.1) is 0 Å². The maximum atomic E-state index is 11.6. The van der Waals surface area contributed by atoms with Gasteiger partial charge in [0.05, 0.1) is 31.1 Å². The number of rotatable bonds is 7. The summed E-state index contributed by atoms with van der Waals surface area (Å²) in [6.07, 6.45) is 1.52. The maximum absolute atomic E-state index is 11.6. The van der Waals surface area contributed by atoms with Crippen LogP contribution in [-0.4, -0.2) is 17.6 Å². The summed E-state index contributed by atoms with van der Waals surface area (Å²) >= 11 is 0. The molecule has 2 aromatic carbocycles. The molecule has 1 aromatic heterocycles. The molecule has 26 heavy (non-hydrogen) atoms. The molecule has 0 aliphatic rings. The van der Waals surface area contributed by atoms with Crippen molar-refractivity contribution in [3.63, 3.8) is 0 Å². The van der Waals surface area contributed by atoms with E-state index >= 15 is 0 Å². The molecule has 4 heteroatoms. The highest BCUT2D eigenvalue weighted by Crippen LogP contribution is 2.24. The zero-order chi connectivity index (χ0) is 18.2. The van der Waals surface area contributed by atoms with E-state index in [1.807, 2.05) is 30.3 Å². The Labute approximate surface area is 153 Å². The summed E-state index contributed by atoms with van der Waals surface area (Å²) < 4.78 is 10.8. The number of carbonyl (C=O) groups is 1. The highest BCUT2D eigenvalue weighted by molar-refractivity contribution is 5.88. The molecule has 0 unspecified atom stereocenters. The van der Waals surface area contributed by atoms with Crippen molar-refractivity contribution in [3.05, 3.63) is 89.7 Å². The largest absolute Gasteiger partial charge is 0.462 e. The lowest BCUT2D eigenvalue weighted by atomic mass is 10.0. The van der Waals surface area contributed by atoms with Crippen molar-refractivity contribution in [1.82, 2.24) is 4.98 Å². The van der Waals surface area contributed by atoms with Gasteiger partial charge in [-0.2, -0.15) is 0 Å². The number of pyridine rings is 1. The van der Waals surface area contributed by atoms with E-state index in [-0.39, 0.29) is 5.97 Å². The second-order valence-electron chi connectivity index (χ2n) is 5.77. The van der Waals surface area contributed by atoms with Gasteiger partial charge in [0.2, 0.25) is 0 Å². The molecule has 0 N–H and O–H groups in total. The average Bonchev–Trinajstić information content (AvgIpc) is 2.70. The maximum Gasteiger partial charge on any atom is 0.339 e. The van der Waals surface area contributed by atoms with Crippen LogP contribution in [0.3, 0.4) is 0 Å². The molecule has 0 spiro atoms. The summed E-state index contributed by atoms with van der Waals surface area (Å²) in [4.78, 5) is 15.9. The summed E-state index contributed by atoms with van der Waals surface area (Å²) in [6.45, 7) is 3.00. The van der Waals surface area contributed by atoms with Crippen LogP contribution in [0.4, 0.5) is 0 Å². The Morgan fingerprint density at radius 3 is 2.42 bits per heavy atom. The van der Waals surface area contributed by atoms with Gasteiger partial charge in [0.15, 0.2) is 0 Å². The Hall–Kier alpha value is -2.98. The minimum atomic E-state index is -0.357. The van der Waals surface area contributed by atoms with Crippen molar-refractivity contribution in [3.8, 4) is 11.1 Å². The first kappa shape index (κ1) is 17.8. The smallest absolute Gasteiger partial charge is 0.339 e. The van der Waals surface area contributed by atoms with Crippen LogP contribution < -0.4 is 0 Å². The van der Waals surface area contributed by atoms with Crippen LogP contribution in [0.15, 0.2) is 72.9 Å².